The van der Waals surface area contributed by atoms with Gasteiger partial charge in [0.1, 0.15) is 12.3 Å². The van der Waals surface area contributed by atoms with Crippen molar-refractivity contribution in [2.45, 2.75) is 19.0 Å². The average molecular weight is 349 g/mol. The van der Waals surface area contributed by atoms with Crippen LogP contribution in [0, 0.1) is 0 Å². The maximum absolute atomic E-state index is 12.7. The summed E-state index contributed by atoms with van der Waals surface area (Å²) in [6.07, 6.45) is 2.53. The van der Waals surface area contributed by atoms with Crippen LogP contribution in [0.15, 0.2) is 59.5 Å². The van der Waals surface area contributed by atoms with E-state index in [0.717, 1.165) is 23.1 Å². The Labute approximate surface area is 150 Å². The molecule has 0 spiro atoms. The molecule has 6 nitrogen and oxygen atoms in total. The summed E-state index contributed by atoms with van der Waals surface area (Å²) in [4.78, 5) is 27.0. The minimum Gasteiger partial charge on any atom is -0.497 e. The van der Waals surface area contributed by atoms with Crippen LogP contribution in [0.4, 0.5) is 0 Å². The molecule has 1 amide bonds. The molecule has 3 aromatic rings. The van der Waals surface area contributed by atoms with Crippen LogP contribution < -0.4 is 10.3 Å². The Morgan fingerprint density at radius 2 is 2.08 bits per heavy atom. The molecule has 1 atom stereocenters. The van der Waals surface area contributed by atoms with Crippen molar-refractivity contribution >= 4 is 16.7 Å². The fraction of sp³-hybridized carbons (Fsp3) is 0.250. The van der Waals surface area contributed by atoms with Gasteiger partial charge in [-0.05, 0) is 30.2 Å². The van der Waals surface area contributed by atoms with Crippen molar-refractivity contribution in [1.82, 2.24) is 14.7 Å². The van der Waals surface area contributed by atoms with Gasteiger partial charge in [-0.2, -0.15) is 5.10 Å². The number of hydrogen-bond acceptors (Lipinski definition) is 4. The Morgan fingerprint density at radius 1 is 1.23 bits per heavy atom. The van der Waals surface area contributed by atoms with E-state index in [-0.39, 0.29) is 24.1 Å². The summed E-state index contributed by atoms with van der Waals surface area (Å²) in [6.45, 7) is 0.632. The minimum atomic E-state index is -0.241. The third-order valence-electron chi connectivity index (χ3n) is 4.87. The molecule has 1 aliphatic heterocycles. The highest BCUT2D eigenvalue weighted by Gasteiger charge is 2.33. The lowest BCUT2D eigenvalue weighted by Gasteiger charge is -2.41. The highest BCUT2D eigenvalue weighted by atomic mass is 16.5. The maximum Gasteiger partial charge on any atom is 0.275 e. The molecule has 1 saturated heterocycles. The number of ether oxygens (including phenoxy) is 1. The first kappa shape index (κ1) is 16.3. The van der Waals surface area contributed by atoms with E-state index in [9.17, 15) is 9.59 Å². The first-order valence-corrected chi connectivity index (χ1v) is 8.55. The first-order chi connectivity index (χ1) is 12.7. The fourth-order valence-corrected chi connectivity index (χ4v) is 3.34. The Hall–Kier alpha value is -3.15. The molecule has 26 heavy (non-hydrogen) atoms. The first-order valence-electron chi connectivity index (χ1n) is 8.55. The zero-order valence-electron chi connectivity index (χ0n) is 14.5. The summed E-state index contributed by atoms with van der Waals surface area (Å²) in [5.41, 5.74) is 0.803. The topological polar surface area (TPSA) is 64.4 Å². The van der Waals surface area contributed by atoms with Gasteiger partial charge in [-0.25, -0.2) is 4.68 Å². The second-order valence-electron chi connectivity index (χ2n) is 6.36. The summed E-state index contributed by atoms with van der Waals surface area (Å²) in [5, 5.41) is 5.50. The van der Waals surface area contributed by atoms with E-state index < -0.39 is 0 Å². The van der Waals surface area contributed by atoms with Crippen molar-refractivity contribution in [2.75, 3.05) is 13.7 Å². The molecule has 0 N–H and O–H groups in total. The third kappa shape index (κ3) is 2.83. The molecule has 0 aliphatic carbocycles. The van der Waals surface area contributed by atoms with Crippen LogP contribution in [0.5, 0.6) is 5.75 Å². The molecule has 1 fully saturated rings. The lowest BCUT2D eigenvalue weighted by molar-refractivity contribution is -0.140. The second kappa shape index (κ2) is 6.63. The van der Waals surface area contributed by atoms with Crippen molar-refractivity contribution in [2.24, 2.45) is 0 Å². The maximum atomic E-state index is 12.7. The standard InChI is InChI=1S/C20H19N3O3/c1-26-16-7-4-6-14(11-16)18-9-10-22(18)19(24)13-23-20(25)17-8-3-2-5-15(17)12-21-23/h2-8,11-12,18H,9-10,13H2,1H3/t18-/m0/s1. The number of aromatic nitrogens is 2. The van der Waals surface area contributed by atoms with Crippen molar-refractivity contribution in [3.8, 4) is 5.75 Å². The smallest absolute Gasteiger partial charge is 0.275 e. The Bertz CT molecular complexity index is 1030. The number of rotatable bonds is 4. The number of nitrogens with zero attached hydrogens (tertiary/aromatic N) is 3. The van der Waals surface area contributed by atoms with Crippen molar-refractivity contribution in [3.63, 3.8) is 0 Å². The van der Waals surface area contributed by atoms with Gasteiger partial charge >= 0.3 is 0 Å². The van der Waals surface area contributed by atoms with Gasteiger partial charge in [-0.3, -0.25) is 9.59 Å². The zero-order chi connectivity index (χ0) is 18.1. The van der Waals surface area contributed by atoms with Gasteiger partial charge < -0.3 is 9.64 Å². The Balaban J connectivity index is 1.55. The van der Waals surface area contributed by atoms with Crippen LogP contribution in [0.2, 0.25) is 0 Å². The van der Waals surface area contributed by atoms with Gasteiger partial charge in [0.05, 0.1) is 24.7 Å². The number of hydrogen-bond donors (Lipinski definition) is 0. The zero-order valence-corrected chi connectivity index (χ0v) is 14.5. The van der Waals surface area contributed by atoms with E-state index in [2.05, 4.69) is 5.10 Å². The normalized spacial score (nSPS) is 16.3. The molecule has 1 aromatic heterocycles. The summed E-state index contributed by atoms with van der Waals surface area (Å²) < 4.78 is 6.50. The van der Waals surface area contributed by atoms with Crippen molar-refractivity contribution in [1.29, 1.82) is 0 Å². The lowest BCUT2D eigenvalue weighted by Crippen LogP contribution is -2.47. The molecule has 1 aliphatic rings. The second-order valence-corrected chi connectivity index (χ2v) is 6.36. The van der Waals surface area contributed by atoms with Crippen LogP contribution in [0.1, 0.15) is 18.0 Å². The number of methoxy groups -OCH3 is 1. The predicted octanol–water partition coefficient (Wildman–Crippen LogP) is 2.38. The van der Waals surface area contributed by atoms with Gasteiger partial charge in [0, 0.05) is 11.9 Å². The average Bonchev–Trinajstić information content (AvgIpc) is 2.63. The van der Waals surface area contributed by atoms with Crippen molar-refractivity contribution in [3.05, 3.63) is 70.6 Å². The predicted molar refractivity (Wildman–Crippen MR) is 98.1 cm³/mol. The SMILES string of the molecule is COc1cccc([C@@H]2CCN2C(=O)Cn2ncc3ccccc3c2=O)c1. The number of carbonyl (C=O) groups is 1. The van der Waals surface area contributed by atoms with E-state index in [1.54, 1.807) is 24.3 Å². The van der Waals surface area contributed by atoms with Crippen LogP contribution in [-0.4, -0.2) is 34.2 Å². The van der Waals surface area contributed by atoms with E-state index in [4.69, 9.17) is 4.74 Å². The summed E-state index contributed by atoms with van der Waals surface area (Å²) in [5.74, 6) is 0.670. The van der Waals surface area contributed by atoms with Crippen molar-refractivity contribution < 1.29 is 9.53 Å². The van der Waals surface area contributed by atoms with Crippen LogP contribution >= 0.6 is 0 Å². The summed E-state index contributed by atoms with van der Waals surface area (Å²) in [7, 11) is 1.63. The molecule has 0 bridgehead atoms. The monoisotopic (exact) mass is 349 g/mol. The molecule has 132 valence electrons. The van der Waals surface area contributed by atoms with Crippen LogP contribution in [0.3, 0.4) is 0 Å². The Kier molecular flexibility index (Phi) is 4.16. The van der Waals surface area contributed by atoms with Crippen LogP contribution in [-0.2, 0) is 11.3 Å². The van der Waals surface area contributed by atoms with Gasteiger partial charge in [0.25, 0.3) is 5.56 Å². The van der Waals surface area contributed by atoms with E-state index >= 15 is 0 Å². The highest BCUT2D eigenvalue weighted by Crippen LogP contribution is 2.34. The van der Waals surface area contributed by atoms with E-state index in [0.29, 0.717) is 11.9 Å². The Morgan fingerprint density at radius 3 is 2.85 bits per heavy atom. The fourth-order valence-electron chi connectivity index (χ4n) is 3.34. The van der Waals surface area contributed by atoms with E-state index in [1.165, 1.54) is 4.68 Å². The van der Waals surface area contributed by atoms with Gasteiger partial charge in [0.15, 0.2) is 0 Å². The number of likely N-dealkylation sites (tertiary alicyclic amines) is 1. The quantitative estimate of drug-likeness (QED) is 0.725. The molecule has 0 unspecified atom stereocenters. The van der Waals surface area contributed by atoms with E-state index in [1.807, 2.05) is 42.5 Å². The number of carbonyl (C=O) groups excluding carboxylic acids is 1. The molecule has 2 aromatic carbocycles. The highest BCUT2D eigenvalue weighted by molar-refractivity contribution is 5.81. The largest absolute Gasteiger partial charge is 0.497 e. The molecule has 4 rings (SSSR count). The number of benzene rings is 2. The number of amides is 1. The minimum absolute atomic E-state index is 0.0220. The summed E-state index contributed by atoms with van der Waals surface area (Å²) in [6, 6.07) is 15.0. The van der Waals surface area contributed by atoms with Crippen LogP contribution in [0.25, 0.3) is 10.8 Å². The molecule has 2 heterocycles. The molecular formula is C20H19N3O3. The van der Waals surface area contributed by atoms with Gasteiger partial charge in [-0.1, -0.05) is 30.3 Å². The third-order valence-corrected chi connectivity index (χ3v) is 4.87. The molecule has 0 saturated carbocycles. The molecular weight excluding hydrogens is 330 g/mol. The number of fused-ring (bicyclic) bond motifs is 1. The van der Waals surface area contributed by atoms with Gasteiger partial charge in [0.2, 0.25) is 5.91 Å². The molecule has 6 heteroatoms. The molecule has 0 radical (unpaired) electrons. The van der Waals surface area contributed by atoms with Gasteiger partial charge in [-0.15, -0.1) is 0 Å². The lowest BCUT2D eigenvalue weighted by atomic mass is 9.94. The summed E-state index contributed by atoms with van der Waals surface area (Å²) >= 11 is 0.